The highest BCUT2D eigenvalue weighted by molar-refractivity contribution is 14.0. The summed E-state index contributed by atoms with van der Waals surface area (Å²) in [6.07, 6.45) is -2.95. The lowest BCUT2D eigenvalue weighted by atomic mass is 10.1. The van der Waals surface area contributed by atoms with Crippen LogP contribution in [0.15, 0.2) is 34.6 Å². The number of hydrogen-bond donors (Lipinski definition) is 2. The summed E-state index contributed by atoms with van der Waals surface area (Å²) in [5, 5.41) is 7.43. The van der Waals surface area contributed by atoms with Gasteiger partial charge < -0.3 is 10.6 Å². The molecule has 0 unspecified atom stereocenters. The summed E-state index contributed by atoms with van der Waals surface area (Å²) in [7, 11) is 0. The summed E-state index contributed by atoms with van der Waals surface area (Å²) in [5.41, 5.74) is 0.0250. The monoisotopic (exact) mass is 516 g/mol. The first-order chi connectivity index (χ1) is 12.4. The Hall–Kier alpha value is -1.43. The molecular formula is C17H21F4IN4S. The molecule has 1 aromatic carbocycles. The predicted molar refractivity (Wildman–Crippen MR) is 110 cm³/mol. The molecule has 27 heavy (non-hydrogen) atoms. The minimum atomic E-state index is -4.43. The van der Waals surface area contributed by atoms with E-state index in [4.69, 9.17) is 0 Å². The van der Waals surface area contributed by atoms with Crippen molar-refractivity contribution < 1.29 is 17.6 Å². The van der Waals surface area contributed by atoms with E-state index in [1.165, 1.54) is 12.1 Å². The van der Waals surface area contributed by atoms with Gasteiger partial charge >= 0.3 is 6.18 Å². The number of rotatable bonds is 7. The van der Waals surface area contributed by atoms with Gasteiger partial charge in [0.1, 0.15) is 10.8 Å². The van der Waals surface area contributed by atoms with Crippen molar-refractivity contribution in [1.82, 2.24) is 15.6 Å². The maximum atomic E-state index is 13.1. The Morgan fingerprint density at radius 2 is 2.04 bits per heavy atom. The maximum absolute atomic E-state index is 13.1. The molecule has 0 spiro atoms. The molecule has 1 heterocycles. The molecule has 0 amide bonds. The average molecular weight is 516 g/mol. The first kappa shape index (κ1) is 23.6. The number of guanidine groups is 1. The Labute approximate surface area is 176 Å². The molecule has 2 aromatic rings. The fraction of sp³-hybridized carbons (Fsp3) is 0.412. The fourth-order valence-electron chi connectivity index (χ4n) is 2.19. The molecule has 0 aliphatic heterocycles. The fourth-order valence-corrected chi connectivity index (χ4v) is 2.92. The Morgan fingerprint density at radius 3 is 2.67 bits per heavy atom. The molecule has 2 rings (SSSR count). The third kappa shape index (κ3) is 8.41. The van der Waals surface area contributed by atoms with Crippen LogP contribution in [0.4, 0.5) is 17.6 Å². The number of aromatic nitrogens is 1. The number of nitrogens with one attached hydrogen (secondary N) is 2. The summed E-state index contributed by atoms with van der Waals surface area (Å²) in [6, 6.07) is 6.44. The van der Waals surface area contributed by atoms with Gasteiger partial charge in [0.2, 0.25) is 0 Å². The largest absolute Gasteiger partial charge is 0.434 e. The molecule has 1 aromatic heterocycles. The minimum Gasteiger partial charge on any atom is -0.357 e. The van der Waals surface area contributed by atoms with Gasteiger partial charge in [0.25, 0.3) is 0 Å². The Balaban J connectivity index is 0.00000364. The highest BCUT2D eigenvalue weighted by Gasteiger charge is 2.33. The average Bonchev–Trinajstić information content (AvgIpc) is 3.06. The molecule has 0 bridgehead atoms. The van der Waals surface area contributed by atoms with Crippen molar-refractivity contribution in [2.24, 2.45) is 4.99 Å². The van der Waals surface area contributed by atoms with Crippen LogP contribution in [-0.2, 0) is 19.1 Å². The second kappa shape index (κ2) is 11.4. The molecule has 0 saturated carbocycles. The van der Waals surface area contributed by atoms with E-state index in [1.54, 1.807) is 6.07 Å². The van der Waals surface area contributed by atoms with Crippen LogP contribution >= 0.6 is 35.3 Å². The molecule has 0 aliphatic rings. The molecule has 4 nitrogen and oxygen atoms in total. The highest BCUT2D eigenvalue weighted by Crippen LogP contribution is 2.30. The Bertz CT molecular complexity index is 734. The molecule has 0 fully saturated rings. The van der Waals surface area contributed by atoms with Gasteiger partial charge in [0, 0.05) is 18.5 Å². The number of aryl methyl sites for hydroxylation is 1. The van der Waals surface area contributed by atoms with Crippen molar-refractivity contribution in [2.75, 3.05) is 13.1 Å². The van der Waals surface area contributed by atoms with Crippen molar-refractivity contribution >= 4 is 41.3 Å². The zero-order valence-electron chi connectivity index (χ0n) is 14.6. The smallest absolute Gasteiger partial charge is 0.357 e. The van der Waals surface area contributed by atoms with E-state index >= 15 is 0 Å². The van der Waals surface area contributed by atoms with Gasteiger partial charge in [0.05, 0.1) is 6.54 Å². The van der Waals surface area contributed by atoms with Crippen LogP contribution in [0, 0.1) is 5.82 Å². The van der Waals surface area contributed by atoms with Gasteiger partial charge in [0.15, 0.2) is 11.7 Å². The van der Waals surface area contributed by atoms with Gasteiger partial charge in [-0.25, -0.2) is 14.4 Å². The van der Waals surface area contributed by atoms with Gasteiger partial charge in [-0.2, -0.15) is 13.2 Å². The number of thiazole rings is 1. The number of aliphatic imine (C=N–C) groups is 1. The Morgan fingerprint density at radius 1 is 1.26 bits per heavy atom. The second-order valence-electron chi connectivity index (χ2n) is 5.48. The quantitative estimate of drug-likeness (QED) is 0.186. The third-order valence-electron chi connectivity index (χ3n) is 3.38. The van der Waals surface area contributed by atoms with Gasteiger partial charge in [-0.3, -0.25) is 0 Å². The topological polar surface area (TPSA) is 49.3 Å². The molecule has 150 valence electrons. The van der Waals surface area contributed by atoms with Crippen LogP contribution in [0.2, 0.25) is 0 Å². The molecular weight excluding hydrogens is 495 g/mol. The second-order valence-corrected chi connectivity index (χ2v) is 6.42. The van der Waals surface area contributed by atoms with E-state index < -0.39 is 11.9 Å². The summed E-state index contributed by atoms with van der Waals surface area (Å²) >= 11 is 0.934. The zero-order chi connectivity index (χ0) is 19.0. The summed E-state index contributed by atoms with van der Waals surface area (Å²) < 4.78 is 50.8. The lowest BCUT2D eigenvalue weighted by molar-refractivity contribution is -0.140. The number of hydrogen-bond acceptors (Lipinski definition) is 3. The van der Waals surface area contributed by atoms with E-state index in [9.17, 15) is 17.6 Å². The first-order valence-corrected chi connectivity index (χ1v) is 9.04. The third-order valence-corrected chi connectivity index (χ3v) is 4.22. The molecule has 2 N–H and O–H groups in total. The molecule has 0 saturated heterocycles. The summed E-state index contributed by atoms with van der Waals surface area (Å²) in [4.78, 5) is 7.81. The van der Waals surface area contributed by atoms with Crippen molar-refractivity contribution in [1.29, 1.82) is 0 Å². The van der Waals surface area contributed by atoms with Gasteiger partial charge in [-0.15, -0.1) is 35.3 Å². The van der Waals surface area contributed by atoms with Gasteiger partial charge in [-0.1, -0.05) is 12.1 Å². The molecule has 0 radical (unpaired) electrons. The normalized spacial score (nSPS) is 11.8. The molecule has 0 aliphatic carbocycles. The lowest BCUT2D eigenvalue weighted by Gasteiger charge is -2.11. The SMILES string of the molecule is CCNC(=NCc1nc(C(F)(F)F)cs1)NCCCc1cccc(F)c1.I. The maximum Gasteiger partial charge on any atom is 0.434 e. The lowest BCUT2D eigenvalue weighted by Crippen LogP contribution is -2.37. The van der Waals surface area contributed by atoms with Crippen LogP contribution in [-0.4, -0.2) is 24.0 Å². The van der Waals surface area contributed by atoms with Crippen LogP contribution in [0.3, 0.4) is 0 Å². The van der Waals surface area contributed by atoms with Crippen LogP contribution in [0.1, 0.15) is 29.6 Å². The van der Waals surface area contributed by atoms with E-state index in [0.29, 0.717) is 30.5 Å². The first-order valence-electron chi connectivity index (χ1n) is 8.16. The van der Waals surface area contributed by atoms with Crippen LogP contribution in [0.25, 0.3) is 0 Å². The van der Waals surface area contributed by atoms with Crippen molar-refractivity contribution in [3.63, 3.8) is 0 Å². The van der Waals surface area contributed by atoms with E-state index in [1.807, 2.05) is 13.0 Å². The Kier molecular flexibility index (Phi) is 9.99. The van der Waals surface area contributed by atoms with Crippen molar-refractivity contribution in [3.8, 4) is 0 Å². The number of alkyl halides is 3. The van der Waals surface area contributed by atoms with E-state index in [0.717, 1.165) is 28.7 Å². The van der Waals surface area contributed by atoms with Crippen LogP contribution in [0.5, 0.6) is 0 Å². The minimum absolute atomic E-state index is 0. The van der Waals surface area contributed by atoms with Crippen molar-refractivity contribution in [3.05, 3.63) is 51.7 Å². The summed E-state index contributed by atoms with van der Waals surface area (Å²) in [6.45, 7) is 3.20. The van der Waals surface area contributed by atoms with Crippen LogP contribution < -0.4 is 10.6 Å². The molecule has 10 heteroatoms. The van der Waals surface area contributed by atoms with E-state index in [2.05, 4.69) is 20.6 Å². The van der Waals surface area contributed by atoms with E-state index in [-0.39, 0.29) is 36.3 Å². The molecule has 0 atom stereocenters. The standard InChI is InChI=1S/C17H20F4N4S.HI/c1-2-22-16(23-8-4-6-12-5-3-7-13(18)9-12)24-10-15-25-14(11-26-15)17(19,20)21;/h3,5,7,9,11H,2,4,6,8,10H2,1H3,(H2,22,23,24);1H. The summed E-state index contributed by atoms with van der Waals surface area (Å²) in [5.74, 6) is 0.252. The van der Waals surface area contributed by atoms with Gasteiger partial charge in [-0.05, 0) is 37.5 Å². The highest BCUT2D eigenvalue weighted by atomic mass is 127. The number of nitrogens with zero attached hydrogens (tertiary/aromatic N) is 2. The zero-order valence-corrected chi connectivity index (χ0v) is 17.8. The number of halogens is 5. The predicted octanol–water partition coefficient (Wildman–Crippen LogP) is 4.61. The van der Waals surface area contributed by atoms with Crippen molar-refractivity contribution in [2.45, 2.75) is 32.5 Å². The number of benzene rings is 1.